The molecule has 1 heterocycles. The predicted octanol–water partition coefficient (Wildman–Crippen LogP) is 3.81. The van der Waals surface area contributed by atoms with Crippen molar-refractivity contribution in [1.29, 1.82) is 0 Å². The Hall–Kier alpha value is -1.31. The molecule has 0 bridgehead atoms. The quantitative estimate of drug-likeness (QED) is 0.652. The van der Waals surface area contributed by atoms with E-state index in [0.29, 0.717) is 12.0 Å². The molecule has 0 saturated carbocycles. The number of alkyl halides is 3. The molecule has 3 N–H and O–H groups in total. The summed E-state index contributed by atoms with van der Waals surface area (Å²) in [5.41, 5.74) is 3.12. The number of hydrazine groups is 1. The van der Waals surface area contributed by atoms with E-state index >= 15 is 0 Å². The van der Waals surface area contributed by atoms with E-state index in [-0.39, 0.29) is 4.47 Å². The van der Waals surface area contributed by atoms with Gasteiger partial charge in [0, 0.05) is 4.47 Å². The number of hydrogen-bond donors (Lipinski definition) is 2. The minimum absolute atomic E-state index is 0.00725. The molecule has 0 aliphatic rings. The van der Waals surface area contributed by atoms with E-state index in [9.17, 15) is 13.2 Å². The molecule has 0 fully saturated rings. The van der Waals surface area contributed by atoms with Crippen molar-refractivity contribution in [3.8, 4) is 0 Å². The van der Waals surface area contributed by atoms with Gasteiger partial charge in [-0.15, -0.1) is 0 Å². The van der Waals surface area contributed by atoms with Crippen LogP contribution in [-0.4, -0.2) is 0 Å². The Bertz CT molecular complexity index is 569. The van der Waals surface area contributed by atoms with Crippen molar-refractivity contribution in [2.45, 2.75) is 18.6 Å². The number of halogens is 4. The SMILES string of the molecule is NNC(Cc1ccoc1)c1ccc(Br)c(C(F)(F)F)c1. The van der Waals surface area contributed by atoms with Crippen molar-refractivity contribution in [2.75, 3.05) is 0 Å². The van der Waals surface area contributed by atoms with Crippen LogP contribution in [0.1, 0.15) is 22.7 Å². The molecular weight excluding hydrogens is 337 g/mol. The van der Waals surface area contributed by atoms with Gasteiger partial charge in [-0.1, -0.05) is 22.0 Å². The molecule has 0 aliphatic heterocycles. The molecule has 1 unspecified atom stereocenters. The second-order valence-corrected chi connectivity index (χ2v) is 5.15. The monoisotopic (exact) mass is 348 g/mol. The zero-order valence-corrected chi connectivity index (χ0v) is 11.8. The third kappa shape index (κ3) is 3.41. The second-order valence-electron chi connectivity index (χ2n) is 4.29. The summed E-state index contributed by atoms with van der Waals surface area (Å²) >= 11 is 2.91. The highest BCUT2D eigenvalue weighted by molar-refractivity contribution is 9.10. The minimum Gasteiger partial charge on any atom is -0.472 e. The lowest BCUT2D eigenvalue weighted by molar-refractivity contribution is -0.138. The molecule has 0 saturated heterocycles. The van der Waals surface area contributed by atoms with E-state index in [1.807, 2.05) is 0 Å². The first kappa shape index (κ1) is 15.1. The molecule has 1 atom stereocenters. The smallest absolute Gasteiger partial charge is 0.417 e. The van der Waals surface area contributed by atoms with E-state index in [1.54, 1.807) is 12.1 Å². The molecule has 0 aliphatic carbocycles. The Labute approximate surface area is 122 Å². The van der Waals surface area contributed by atoms with Gasteiger partial charge in [0.25, 0.3) is 0 Å². The van der Waals surface area contributed by atoms with Gasteiger partial charge < -0.3 is 4.42 Å². The molecule has 20 heavy (non-hydrogen) atoms. The zero-order valence-electron chi connectivity index (χ0n) is 10.2. The number of furan rings is 1. The summed E-state index contributed by atoms with van der Waals surface area (Å²) in [5, 5.41) is 0. The summed E-state index contributed by atoms with van der Waals surface area (Å²) in [6.07, 6.45) is -0.935. The molecule has 2 rings (SSSR count). The fourth-order valence-corrected chi connectivity index (χ4v) is 2.37. The number of hydrogen-bond acceptors (Lipinski definition) is 3. The number of benzene rings is 1. The first-order chi connectivity index (χ1) is 9.41. The fraction of sp³-hybridized carbons (Fsp3) is 0.231. The Morgan fingerprint density at radius 3 is 2.60 bits per heavy atom. The largest absolute Gasteiger partial charge is 0.472 e. The van der Waals surface area contributed by atoms with Crippen LogP contribution in [-0.2, 0) is 12.6 Å². The van der Waals surface area contributed by atoms with Crippen molar-refractivity contribution in [3.63, 3.8) is 0 Å². The van der Waals surface area contributed by atoms with Crippen molar-refractivity contribution in [1.82, 2.24) is 5.43 Å². The molecule has 2 aromatic rings. The molecule has 1 aromatic heterocycles. The van der Waals surface area contributed by atoms with Crippen LogP contribution in [0.15, 0.2) is 45.7 Å². The highest BCUT2D eigenvalue weighted by Crippen LogP contribution is 2.36. The predicted molar refractivity (Wildman–Crippen MR) is 71.6 cm³/mol. The van der Waals surface area contributed by atoms with Gasteiger partial charge in [0.15, 0.2) is 0 Å². The molecule has 3 nitrogen and oxygen atoms in total. The van der Waals surface area contributed by atoms with Crippen molar-refractivity contribution in [2.24, 2.45) is 5.84 Å². The van der Waals surface area contributed by atoms with Crippen LogP contribution in [0.4, 0.5) is 13.2 Å². The van der Waals surface area contributed by atoms with Crippen LogP contribution >= 0.6 is 15.9 Å². The molecular formula is C13H12BrF3N2O. The number of nitrogens with two attached hydrogens (primary N) is 1. The summed E-state index contributed by atoms with van der Waals surface area (Å²) in [7, 11) is 0. The van der Waals surface area contributed by atoms with E-state index in [1.165, 1.54) is 18.6 Å². The Morgan fingerprint density at radius 1 is 1.30 bits per heavy atom. The Balaban J connectivity index is 2.30. The average molecular weight is 349 g/mol. The molecule has 0 radical (unpaired) electrons. The van der Waals surface area contributed by atoms with Crippen molar-refractivity contribution < 1.29 is 17.6 Å². The third-order valence-electron chi connectivity index (χ3n) is 2.92. The zero-order chi connectivity index (χ0) is 14.8. The van der Waals surface area contributed by atoms with E-state index in [4.69, 9.17) is 10.3 Å². The van der Waals surface area contributed by atoms with Gasteiger partial charge in [0.05, 0.1) is 24.1 Å². The highest BCUT2D eigenvalue weighted by Gasteiger charge is 2.33. The maximum atomic E-state index is 12.9. The standard InChI is InChI=1S/C13H12BrF3N2O/c14-11-2-1-9(6-10(11)13(15,16)17)12(19-18)5-8-3-4-20-7-8/h1-4,6-7,12,19H,5,18H2. The number of rotatable bonds is 4. The first-order valence-electron chi connectivity index (χ1n) is 5.75. The summed E-state index contributed by atoms with van der Waals surface area (Å²) in [6, 6.07) is 5.38. The van der Waals surface area contributed by atoms with Gasteiger partial charge in [0.2, 0.25) is 0 Å². The van der Waals surface area contributed by atoms with Crippen molar-refractivity contribution in [3.05, 3.63) is 58.0 Å². The van der Waals surface area contributed by atoms with Gasteiger partial charge in [-0.3, -0.25) is 11.3 Å². The fourth-order valence-electron chi connectivity index (χ4n) is 1.89. The average Bonchev–Trinajstić information content (AvgIpc) is 2.88. The van der Waals surface area contributed by atoms with E-state index < -0.39 is 17.8 Å². The summed E-state index contributed by atoms with van der Waals surface area (Å²) in [4.78, 5) is 0. The molecule has 1 aromatic carbocycles. The van der Waals surface area contributed by atoms with Gasteiger partial charge in [0.1, 0.15) is 0 Å². The summed E-state index contributed by atoms with van der Waals surface area (Å²) < 4.78 is 43.6. The third-order valence-corrected chi connectivity index (χ3v) is 3.61. The maximum absolute atomic E-state index is 12.9. The number of nitrogens with one attached hydrogen (secondary N) is 1. The second kappa shape index (κ2) is 5.99. The van der Waals surface area contributed by atoms with Gasteiger partial charge in [-0.2, -0.15) is 13.2 Å². The highest BCUT2D eigenvalue weighted by atomic mass is 79.9. The van der Waals surface area contributed by atoms with Crippen LogP contribution in [0.25, 0.3) is 0 Å². The van der Waals surface area contributed by atoms with Gasteiger partial charge in [-0.05, 0) is 35.7 Å². The topological polar surface area (TPSA) is 51.2 Å². The minimum atomic E-state index is -4.41. The lowest BCUT2D eigenvalue weighted by Gasteiger charge is -2.18. The maximum Gasteiger partial charge on any atom is 0.417 e. The van der Waals surface area contributed by atoms with E-state index in [0.717, 1.165) is 11.6 Å². The Morgan fingerprint density at radius 2 is 2.05 bits per heavy atom. The van der Waals surface area contributed by atoms with Crippen LogP contribution in [0.3, 0.4) is 0 Å². The van der Waals surface area contributed by atoms with Crippen LogP contribution in [0.2, 0.25) is 0 Å². The van der Waals surface area contributed by atoms with Crippen LogP contribution in [0.5, 0.6) is 0 Å². The van der Waals surface area contributed by atoms with E-state index in [2.05, 4.69) is 21.4 Å². The Kier molecular flexibility index (Phi) is 4.52. The normalized spacial score (nSPS) is 13.4. The molecule has 108 valence electrons. The molecule has 7 heteroatoms. The van der Waals surface area contributed by atoms with Crippen LogP contribution in [0, 0.1) is 0 Å². The lowest BCUT2D eigenvalue weighted by atomic mass is 9.99. The van der Waals surface area contributed by atoms with Crippen molar-refractivity contribution >= 4 is 15.9 Å². The van der Waals surface area contributed by atoms with Gasteiger partial charge >= 0.3 is 6.18 Å². The summed E-state index contributed by atoms with van der Waals surface area (Å²) in [6.45, 7) is 0. The molecule has 0 amide bonds. The van der Waals surface area contributed by atoms with Gasteiger partial charge in [-0.25, -0.2) is 0 Å². The lowest BCUT2D eigenvalue weighted by Crippen LogP contribution is -2.29. The van der Waals surface area contributed by atoms with Crippen LogP contribution < -0.4 is 11.3 Å². The molecule has 0 spiro atoms. The summed E-state index contributed by atoms with van der Waals surface area (Å²) in [5.74, 6) is 5.44. The first-order valence-corrected chi connectivity index (χ1v) is 6.55.